The summed E-state index contributed by atoms with van der Waals surface area (Å²) in [4.78, 5) is 4.08. The standard InChI is InChI=1S/C20H27N3O/c1-16-7-9-17(10-8-16)19(15-21)23-13-11-22(12-14-23)18-5-3-4-6-20(18)24-2/h3-10,19H,11-15,21H2,1-2H3/p+2/t19-/m1/s1. The zero-order chi connectivity index (χ0) is 16.9. The second-order valence-corrected chi connectivity index (χ2v) is 6.57. The Morgan fingerprint density at radius 2 is 1.75 bits per heavy atom. The van der Waals surface area contributed by atoms with Gasteiger partial charge in [0.15, 0.2) is 6.04 Å². The number of aryl methyl sites for hydroxylation is 1. The predicted octanol–water partition coefficient (Wildman–Crippen LogP) is 0.692. The predicted molar refractivity (Wildman–Crippen MR) is 97.6 cm³/mol. The molecule has 4 heteroatoms. The molecule has 0 radical (unpaired) electrons. The van der Waals surface area contributed by atoms with Crippen molar-refractivity contribution in [2.24, 2.45) is 0 Å². The first-order valence-electron chi connectivity index (χ1n) is 8.81. The molecular formula is C20H29N3O+2. The van der Waals surface area contributed by atoms with Gasteiger partial charge in [-0.1, -0.05) is 42.0 Å². The Bertz CT molecular complexity index is 648. The largest absolute Gasteiger partial charge is 0.495 e. The van der Waals surface area contributed by atoms with E-state index in [1.165, 1.54) is 16.8 Å². The summed E-state index contributed by atoms with van der Waals surface area (Å²) in [6, 6.07) is 17.8. The molecule has 3 rings (SSSR count). The zero-order valence-corrected chi connectivity index (χ0v) is 14.8. The lowest BCUT2D eigenvalue weighted by Gasteiger charge is -2.37. The normalized spacial score (nSPS) is 16.9. The van der Waals surface area contributed by atoms with Crippen LogP contribution in [0, 0.1) is 6.92 Å². The molecule has 2 aromatic carbocycles. The van der Waals surface area contributed by atoms with E-state index in [1.807, 2.05) is 12.1 Å². The number of quaternary nitrogens is 2. The zero-order valence-electron chi connectivity index (χ0n) is 14.8. The smallest absolute Gasteiger partial charge is 0.163 e. The third-order valence-corrected chi connectivity index (χ3v) is 5.09. The van der Waals surface area contributed by atoms with E-state index in [4.69, 9.17) is 4.74 Å². The molecule has 1 aliphatic rings. The van der Waals surface area contributed by atoms with Crippen molar-refractivity contribution in [1.29, 1.82) is 0 Å². The molecule has 24 heavy (non-hydrogen) atoms. The van der Waals surface area contributed by atoms with Gasteiger partial charge in [0.25, 0.3) is 0 Å². The first-order chi connectivity index (χ1) is 11.7. The molecule has 4 N–H and O–H groups in total. The van der Waals surface area contributed by atoms with Gasteiger partial charge in [-0.2, -0.15) is 0 Å². The molecule has 0 amide bonds. The topological polar surface area (TPSA) is 44.5 Å². The maximum atomic E-state index is 5.52. The molecule has 0 spiro atoms. The molecule has 1 heterocycles. The van der Waals surface area contributed by atoms with Crippen LogP contribution in [-0.2, 0) is 0 Å². The molecule has 128 valence electrons. The van der Waals surface area contributed by atoms with Crippen molar-refractivity contribution in [1.82, 2.24) is 0 Å². The van der Waals surface area contributed by atoms with Gasteiger partial charge >= 0.3 is 0 Å². The number of ether oxygens (including phenoxy) is 1. The average Bonchev–Trinajstić information content (AvgIpc) is 2.64. The van der Waals surface area contributed by atoms with E-state index in [0.717, 1.165) is 38.5 Å². The summed E-state index contributed by atoms with van der Waals surface area (Å²) in [5.41, 5.74) is 8.15. The van der Waals surface area contributed by atoms with Crippen LogP contribution >= 0.6 is 0 Å². The molecule has 1 saturated heterocycles. The van der Waals surface area contributed by atoms with Crippen LogP contribution in [0.5, 0.6) is 5.75 Å². The Balaban J connectivity index is 1.68. The van der Waals surface area contributed by atoms with E-state index in [1.54, 1.807) is 12.0 Å². The number of piperazine rings is 1. The number of para-hydroxylation sites is 2. The summed E-state index contributed by atoms with van der Waals surface area (Å²) < 4.78 is 5.52. The summed E-state index contributed by atoms with van der Waals surface area (Å²) in [7, 11) is 1.75. The molecule has 1 aliphatic heterocycles. The summed E-state index contributed by atoms with van der Waals surface area (Å²) in [5.74, 6) is 0.966. The van der Waals surface area contributed by atoms with Gasteiger partial charge in [0.1, 0.15) is 12.3 Å². The number of methoxy groups -OCH3 is 1. The van der Waals surface area contributed by atoms with E-state index in [0.29, 0.717) is 6.04 Å². The van der Waals surface area contributed by atoms with Gasteiger partial charge in [0, 0.05) is 5.56 Å². The van der Waals surface area contributed by atoms with Crippen LogP contribution in [-0.4, -0.2) is 39.8 Å². The van der Waals surface area contributed by atoms with Crippen LogP contribution in [0.25, 0.3) is 0 Å². The van der Waals surface area contributed by atoms with Crippen molar-refractivity contribution in [3.05, 3.63) is 59.7 Å². The first-order valence-corrected chi connectivity index (χ1v) is 8.81. The van der Waals surface area contributed by atoms with E-state index >= 15 is 0 Å². The minimum absolute atomic E-state index is 0.491. The van der Waals surface area contributed by atoms with Gasteiger partial charge in [-0.15, -0.1) is 0 Å². The Hall–Kier alpha value is -2.04. The number of nitrogens with one attached hydrogen (secondary N) is 1. The first kappa shape index (κ1) is 16.8. The molecule has 1 atom stereocenters. The molecule has 0 bridgehead atoms. The molecule has 4 nitrogen and oxygen atoms in total. The highest BCUT2D eigenvalue weighted by Crippen LogP contribution is 2.27. The quantitative estimate of drug-likeness (QED) is 0.849. The van der Waals surface area contributed by atoms with Crippen molar-refractivity contribution in [3.63, 3.8) is 0 Å². The van der Waals surface area contributed by atoms with Gasteiger partial charge in [0.2, 0.25) is 0 Å². The maximum absolute atomic E-state index is 5.52. The van der Waals surface area contributed by atoms with Crippen LogP contribution in [0.15, 0.2) is 48.5 Å². The van der Waals surface area contributed by atoms with Crippen LogP contribution in [0.3, 0.4) is 0 Å². The van der Waals surface area contributed by atoms with E-state index in [-0.39, 0.29) is 0 Å². The Kier molecular flexibility index (Phi) is 5.38. The van der Waals surface area contributed by atoms with Crippen LogP contribution < -0.4 is 20.3 Å². The van der Waals surface area contributed by atoms with Gasteiger partial charge in [-0.05, 0) is 19.1 Å². The number of hydrogen-bond donors (Lipinski definition) is 2. The number of rotatable bonds is 5. The van der Waals surface area contributed by atoms with Crippen molar-refractivity contribution in [2.45, 2.75) is 13.0 Å². The van der Waals surface area contributed by atoms with Gasteiger partial charge < -0.3 is 20.3 Å². The minimum atomic E-state index is 0.491. The summed E-state index contributed by atoms with van der Waals surface area (Å²) >= 11 is 0. The Labute approximate surface area is 144 Å². The van der Waals surface area contributed by atoms with Gasteiger partial charge in [0.05, 0.1) is 39.0 Å². The number of benzene rings is 2. The van der Waals surface area contributed by atoms with Crippen molar-refractivity contribution >= 4 is 5.69 Å². The van der Waals surface area contributed by atoms with E-state index < -0.39 is 0 Å². The number of hydrogen-bond acceptors (Lipinski definition) is 2. The number of anilines is 1. The fourth-order valence-corrected chi connectivity index (χ4v) is 3.68. The van der Waals surface area contributed by atoms with Crippen LogP contribution in [0.4, 0.5) is 5.69 Å². The summed E-state index contributed by atoms with van der Waals surface area (Å²) in [5, 5.41) is 0. The SMILES string of the molecule is COc1ccccc1N1CC[NH+]([C@H](C[NH3+])c2ccc(C)cc2)CC1. The second-order valence-electron chi connectivity index (χ2n) is 6.57. The average molecular weight is 327 g/mol. The van der Waals surface area contributed by atoms with Gasteiger partial charge in [-0.25, -0.2) is 0 Å². The molecular weight excluding hydrogens is 298 g/mol. The second kappa shape index (κ2) is 7.69. The molecule has 0 aromatic heterocycles. The highest BCUT2D eigenvalue weighted by Gasteiger charge is 2.29. The molecule has 2 aromatic rings. The lowest BCUT2D eigenvalue weighted by atomic mass is 10.0. The van der Waals surface area contributed by atoms with Gasteiger partial charge in [-0.3, -0.25) is 0 Å². The lowest BCUT2D eigenvalue weighted by Crippen LogP contribution is -3.16. The fraction of sp³-hybridized carbons (Fsp3) is 0.400. The molecule has 0 unspecified atom stereocenters. The monoisotopic (exact) mass is 327 g/mol. The van der Waals surface area contributed by atoms with E-state index in [2.05, 4.69) is 54.0 Å². The third kappa shape index (κ3) is 3.55. The van der Waals surface area contributed by atoms with E-state index in [9.17, 15) is 0 Å². The van der Waals surface area contributed by atoms with Crippen molar-refractivity contribution < 1.29 is 15.4 Å². The van der Waals surface area contributed by atoms with Crippen molar-refractivity contribution in [2.75, 3.05) is 44.7 Å². The molecule has 0 saturated carbocycles. The third-order valence-electron chi connectivity index (χ3n) is 5.09. The summed E-state index contributed by atoms with van der Waals surface area (Å²) in [6.07, 6.45) is 0. The Morgan fingerprint density at radius 3 is 2.38 bits per heavy atom. The summed E-state index contributed by atoms with van der Waals surface area (Å²) in [6.45, 7) is 7.45. The highest BCUT2D eigenvalue weighted by atomic mass is 16.5. The molecule has 1 fully saturated rings. The minimum Gasteiger partial charge on any atom is -0.495 e. The van der Waals surface area contributed by atoms with Crippen LogP contribution in [0.1, 0.15) is 17.2 Å². The Morgan fingerprint density at radius 1 is 1.08 bits per heavy atom. The van der Waals surface area contributed by atoms with Crippen LogP contribution in [0.2, 0.25) is 0 Å². The molecule has 0 aliphatic carbocycles. The highest BCUT2D eigenvalue weighted by molar-refractivity contribution is 5.58. The van der Waals surface area contributed by atoms with Crippen molar-refractivity contribution in [3.8, 4) is 5.75 Å². The maximum Gasteiger partial charge on any atom is 0.163 e. The number of nitrogens with zero attached hydrogens (tertiary/aromatic N) is 1. The lowest BCUT2D eigenvalue weighted by molar-refractivity contribution is -0.938. The fourth-order valence-electron chi connectivity index (χ4n) is 3.68.